The van der Waals surface area contributed by atoms with Gasteiger partial charge in [-0.25, -0.2) is 17.6 Å². The van der Waals surface area contributed by atoms with Crippen LogP contribution in [0.5, 0.6) is 11.5 Å². The first-order chi connectivity index (χ1) is 12.8. The Labute approximate surface area is 157 Å². The number of hydrogen-bond acceptors (Lipinski definition) is 3. The summed E-state index contributed by atoms with van der Waals surface area (Å²) in [5.74, 6) is -1.86. The molecule has 0 radical (unpaired) electrons. The van der Waals surface area contributed by atoms with E-state index >= 15 is 0 Å². The zero-order valence-electron chi connectivity index (χ0n) is 13.9. The van der Waals surface area contributed by atoms with Gasteiger partial charge in [-0.1, -0.05) is 17.7 Å². The summed E-state index contributed by atoms with van der Waals surface area (Å²) in [5, 5.41) is -0.00917. The Morgan fingerprint density at radius 1 is 1.30 bits per heavy atom. The van der Waals surface area contributed by atoms with Gasteiger partial charge in [0.25, 0.3) is 6.43 Å². The van der Waals surface area contributed by atoms with Crippen LogP contribution in [0.1, 0.15) is 17.6 Å². The topological polar surface area (TPSA) is 55.6 Å². The minimum atomic E-state index is -2.95. The largest absolute Gasteiger partial charge is 0.453 e. The number of nitrogens with zero attached hydrogens (tertiary/aromatic N) is 1. The Bertz CT molecular complexity index is 879. The SMILES string of the molecule is N[C@@H]1Cc2ccc(C(F)F)c(Oc3cc(F)ccc3Cl)c2N(CCF)C1=O. The Kier molecular flexibility index (Phi) is 5.57. The Morgan fingerprint density at radius 2 is 2.04 bits per heavy atom. The normalized spacial score (nSPS) is 16.6. The number of alkyl halides is 3. The highest BCUT2D eigenvalue weighted by Gasteiger charge is 2.35. The molecule has 4 nitrogen and oxygen atoms in total. The van der Waals surface area contributed by atoms with E-state index in [1.54, 1.807) is 0 Å². The van der Waals surface area contributed by atoms with Crippen LogP contribution in [-0.2, 0) is 11.2 Å². The molecule has 9 heteroatoms. The molecule has 2 N–H and O–H groups in total. The summed E-state index contributed by atoms with van der Waals surface area (Å²) in [7, 11) is 0. The van der Waals surface area contributed by atoms with Crippen LogP contribution < -0.4 is 15.4 Å². The maximum atomic E-state index is 13.6. The lowest BCUT2D eigenvalue weighted by atomic mass is 9.95. The predicted molar refractivity (Wildman–Crippen MR) is 92.9 cm³/mol. The smallest absolute Gasteiger partial charge is 0.267 e. The molecule has 0 spiro atoms. The van der Waals surface area contributed by atoms with Crippen LogP contribution in [0.3, 0.4) is 0 Å². The molecule has 0 saturated carbocycles. The first-order valence-electron chi connectivity index (χ1n) is 8.03. The molecule has 1 aliphatic rings. The molecule has 1 heterocycles. The molecule has 1 atom stereocenters. The molecule has 0 aliphatic carbocycles. The van der Waals surface area contributed by atoms with Gasteiger partial charge in [0, 0.05) is 6.07 Å². The fourth-order valence-corrected chi connectivity index (χ4v) is 3.13. The molecule has 2 aromatic rings. The van der Waals surface area contributed by atoms with Gasteiger partial charge in [-0.2, -0.15) is 0 Å². The van der Waals surface area contributed by atoms with E-state index in [0.29, 0.717) is 5.56 Å². The van der Waals surface area contributed by atoms with Crippen molar-refractivity contribution in [3.05, 3.63) is 52.3 Å². The minimum absolute atomic E-state index is 0.00234. The number of halogens is 5. The Balaban J connectivity index is 2.20. The van der Waals surface area contributed by atoms with E-state index in [-0.39, 0.29) is 35.2 Å². The van der Waals surface area contributed by atoms with E-state index in [0.717, 1.165) is 23.1 Å². The van der Waals surface area contributed by atoms with E-state index in [9.17, 15) is 22.4 Å². The first kappa shape index (κ1) is 19.4. The average molecular weight is 403 g/mol. The number of carbonyl (C=O) groups is 1. The fraction of sp³-hybridized carbons (Fsp3) is 0.278. The van der Waals surface area contributed by atoms with Gasteiger partial charge in [-0.15, -0.1) is 0 Å². The second kappa shape index (κ2) is 7.74. The summed E-state index contributed by atoms with van der Waals surface area (Å²) in [6, 6.07) is 4.85. The van der Waals surface area contributed by atoms with E-state index in [4.69, 9.17) is 22.1 Å². The van der Waals surface area contributed by atoms with Crippen LogP contribution in [0.2, 0.25) is 5.02 Å². The van der Waals surface area contributed by atoms with Crippen LogP contribution in [0.25, 0.3) is 0 Å². The van der Waals surface area contributed by atoms with E-state index < -0.39 is 36.4 Å². The third-order valence-corrected chi connectivity index (χ3v) is 4.50. The van der Waals surface area contributed by atoms with Gasteiger partial charge >= 0.3 is 0 Å². The molecule has 0 aromatic heterocycles. The average Bonchev–Trinajstić information content (AvgIpc) is 2.61. The van der Waals surface area contributed by atoms with Gasteiger partial charge in [-0.05, 0) is 30.2 Å². The summed E-state index contributed by atoms with van der Waals surface area (Å²) < 4.78 is 59.2. The number of anilines is 1. The fourth-order valence-electron chi connectivity index (χ4n) is 2.97. The molecule has 27 heavy (non-hydrogen) atoms. The highest BCUT2D eigenvalue weighted by Crippen LogP contribution is 2.45. The lowest BCUT2D eigenvalue weighted by Gasteiger charge is -2.34. The summed E-state index contributed by atoms with van der Waals surface area (Å²) in [4.78, 5) is 13.4. The molecule has 2 aromatic carbocycles. The molecular formula is C18H15ClF4N2O2. The van der Waals surface area contributed by atoms with E-state index in [1.165, 1.54) is 12.1 Å². The molecular weight excluding hydrogens is 388 g/mol. The molecule has 3 rings (SSSR count). The number of ether oxygens (including phenoxy) is 1. The number of amides is 1. The van der Waals surface area contributed by atoms with E-state index in [1.807, 2.05) is 0 Å². The van der Waals surface area contributed by atoms with Crippen LogP contribution in [0, 0.1) is 5.82 Å². The number of hydrogen-bond donors (Lipinski definition) is 1. The van der Waals surface area contributed by atoms with Crippen LogP contribution in [-0.4, -0.2) is 25.2 Å². The van der Waals surface area contributed by atoms with Crippen molar-refractivity contribution in [2.24, 2.45) is 5.73 Å². The first-order valence-corrected chi connectivity index (χ1v) is 8.41. The highest BCUT2D eigenvalue weighted by molar-refractivity contribution is 6.32. The van der Waals surface area contributed by atoms with Gasteiger partial charge < -0.3 is 15.4 Å². The summed E-state index contributed by atoms with van der Waals surface area (Å²) in [6.07, 6.45) is -2.87. The van der Waals surface area contributed by atoms with Crippen molar-refractivity contribution >= 4 is 23.2 Å². The molecule has 1 aliphatic heterocycles. The molecule has 0 unspecified atom stereocenters. The van der Waals surface area contributed by atoms with Crippen molar-refractivity contribution < 1.29 is 27.1 Å². The molecule has 0 bridgehead atoms. The quantitative estimate of drug-likeness (QED) is 0.754. The zero-order chi connectivity index (χ0) is 19.7. The Morgan fingerprint density at radius 3 is 2.70 bits per heavy atom. The summed E-state index contributed by atoms with van der Waals surface area (Å²) in [6.45, 7) is -1.28. The number of fused-ring (bicyclic) bond motifs is 1. The predicted octanol–water partition coefficient (Wildman–Crippen LogP) is 4.39. The molecule has 1 amide bonds. The Hall–Kier alpha value is -2.32. The van der Waals surface area contributed by atoms with Crippen molar-refractivity contribution in [1.82, 2.24) is 0 Å². The van der Waals surface area contributed by atoms with Crippen molar-refractivity contribution in [2.75, 3.05) is 18.1 Å². The standard InChI is InChI=1S/C18H15ClF4N2O2/c19-12-4-2-10(21)8-14(12)27-16-11(17(22)23)3-1-9-7-13(24)18(26)25(6-5-20)15(9)16/h1-4,8,13,17H,5-7,24H2/t13-/m1/s1. The van der Waals surface area contributed by atoms with Gasteiger partial charge in [0.2, 0.25) is 5.91 Å². The van der Waals surface area contributed by atoms with Gasteiger partial charge in [0.1, 0.15) is 18.2 Å². The zero-order valence-corrected chi connectivity index (χ0v) is 14.6. The highest BCUT2D eigenvalue weighted by atomic mass is 35.5. The second-order valence-corrected chi connectivity index (χ2v) is 6.37. The number of carbonyl (C=O) groups excluding carboxylic acids is 1. The maximum Gasteiger partial charge on any atom is 0.267 e. The number of benzene rings is 2. The molecule has 0 saturated heterocycles. The third kappa shape index (κ3) is 3.72. The van der Waals surface area contributed by atoms with Gasteiger partial charge in [0.15, 0.2) is 5.75 Å². The van der Waals surface area contributed by atoms with Crippen LogP contribution in [0.15, 0.2) is 30.3 Å². The summed E-state index contributed by atoms with van der Waals surface area (Å²) >= 11 is 5.97. The van der Waals surface area contributed by atoms with Crippen molar-refractivity contribution in [2.45, 2.75) is 18.9 Å². The number of nitrogens with two attached hydrogens (primary N) is 1. The number of rotatable bonds is 5. The lowest BCUT2D eigenvalue weighted by Crippen LogP contribution is -2.49. The lowest BCUT2D eigenvalue weighted by molar-refractivity contribution is -0.120. The van der Waals surface area contributed by atoms with Crippen molar-refractivity contribution in [3.63, 3.8) is 0 Å². The van der Waals surface area contributed by atoms with Gasteiger partial charge in [0.05, 0.1) is 28.9 Å². The minimum Gasteiger partial charge on any atom is -0.453 e. The summed E-state index contributed by atoms with van der Waals surface area (Å²) in [5.41, 5.74) is 5.70. The van der Waals surface area contributed by atoms with E-state index in [2.05, 4.69) is 0 Å². The second-order valence-electron chi connectivity index (χ2n) is 5.96. The third-order valence-electron chi connectivity index (χ3n) is 4.19. The van der Waals surface area contributed by atoms with Crippen LogP contribution in [0.4, 0.5) is 23.2 Å². The molecule has 144 valence electrons. The van der Waals surface area contributed by atoms with Gasteiger partial charge in [-0.3, -0.25) is 4.79 Å². The maximum absolute atomic E-state index is 13.6. The molecule has 0 fully saturated rings. The van der Waals surface area contributed by atoms with Crippen LogP contribution >= 0.6 is 11.6 Å². The van der Waals surface area contributed by atoms with Crippen molar-refractivity contribution in [3.8, 4) is 11.5 Å². The monoisotopic (exact) mass is 402 g/mol. The van der Waals surface area contributed by atoms with Crippen molar-refractivity contribution in [1.29, 1.82) is 0 Å².